The van der Waals surface area contributed by atoms with Crippen LogP contribution < -0.4 is 5.32 Å². The zero-order valence-corrected chi connectivity index (χ0v) is 16.0. The molecule has 1 atom stereocenters. The number of benzene rings is 1. The van der Waals surface area contributed by atoms with Gasteiger partial charge in [-0.1, -0.05) is 55.9 Å². The summed E-state index contributed by atoms with van der Waals surface area (Å²) in [7, 11) is 0. The summed E-state index contributed by atoms with van der Waals surface area (Å²) < 4.78 is 1.87. The van der Waals surface area contributed by atoms with Crippen molar-refractivity contribution >= 4 is 40.2 Å². The summed E-state index contributed by atoms with van der Waals surface area (Å²) in [4.78, 5) is 9.33. The fourth-order valence-electron chi connectivity index (χ4n) is 2.56. The number of halogens is 1. The van der Waals surface area contributed by atoms with E-state index >= 15 is 0 Å². The van der Waals surface area contributed by atoms with Crippen LogP contribution in [0.1, 0.15) is 31.2 Å². The quantitative estimate of drug-likeness (QED) is 0.350. The monoisotopic (exact) mass is 375 g/mol. The van der Waals surface area contributed by atoms with Gasteiger partial charge in [0.05, 0.1) is 23.5 Å². The van der Waals surface area contributed by atoms with Gasteiger partial charge in [0.25, 0.3) is 0 Å². The maximum Gasteiger partial charge on any atom is 0.191 e. The van der Waals surface area contributed by atoms with Crippen LogP contribution in [0.2, 0.25) is 0 Å². The highest BCUT2D eigenvalue weighted by Crippen LogP contribution is 2.27. The van der Waals surface area contributed by atoms with Gasteiger partial charge in [-0.15, -0.1) is 11.6 Å². The highest BCUT2D eigenvalue weighted by molar-refractivity contribution is 7.99. The van der Waals surface area contributed by atoms with Gasteiger partial charge < -0.3 is 5.32 Å². The Morgan fingerprint density at radius 3 is 2.72 bits per heavy atom. The SMILES string of the molecule is CCCNc1nc(SCC)nc2c1cnn2CC(Cl)c1ccccc1. The molecule has 0 spiro atoms. The number of nitrogens with zero attached hydrogens (tertiary/aromatic N) is 4. The van der Waals surface area contributed by atoms with E-state index in [-0.39, 0.29) is 5.38 Å². The molecule has 0 amide bonds. The lowest BCUT2D eigenvalue weighted by Gasteiger charge is -2.12. The predicted molar refractivity (Wildman–Crippen MR) is 106 cm³/mol. The lowest BCUT2D eigenvalue weighted by molar-refractivity contribution is 0.613. The van der Waals surface area contributed by atoms with Crippen LogP contribution in [0.4, 0.5) is 5.82 Å². The molecule has 25 heavy (non-hydrogen) atoms. The maximum absolute atomic E-state index is 6.60. The molecule has 0 saturated heterocycles. The minimum absolute atomic E-state index is 0.159. The van der Waals surface area contributed by atoms with Crippen molar-refractivity contribution in [2.45, 2.75) is 37.3 Å². The van der Waals surface area contributed by atoms with Crippen molar-refractivity contribution < 1.29 is 0 Å². The highest BCUT2D eigenvalue weighted by atomic mass is 35.5. The summed E-state index contributed by atoms with van der Waals surface area (Å²) >= 11 is 8.23. The average molecular weight is 376 g/mol. The lowest BCUT2D eigenvalue weighted by atomic mass is 10.1. The van der Waals surface area contributed by atoms with E-state index < -0.39 is 0 Å². The molecule has 0 aliphatic carbocycles. The normalized spacial score (nSPS) is 12.4. The van der Waals surface area contributed by atoms with Crippen molar-refractivity contribution in [3.05, 3.63) is 42.1 Å². The number of anilines is 1. The molecule has 132 valence electrons. The molecule has 0 saturated carbocycles. The van der Waals surface area contributed by atoms with Gasteiger partial charge in [-0.25, -0.2) is 14.6 Å². The topological polar surface area (TPSA) is 55.6 Å². The first-order chi connectivity index (χ1) is 12.2. The zero-order chi connectivity index (χ0) is 17.6. The molecule has 5 nitrogen and oxygen atoms in total. The van der Waals surface area contributed by atoms with Crippen LogP contribution in [0.5, 0.6) is 0 Å². The van der Waals surface area contributed by atoms with Crippen molar-refractivity contribution in [1.82, 2.24) is 19.7 Å². The van der Waals surface area contributed by atoms with Gasteiger partial charge in [0.1, 0.15) is 5.82 Å². The summed E-state index contributed by atoms with van der Waals surface area (Å²) in [6.07, 6.45) is 2.86. The highest BCUT2D eigenvalue weighted by Gasteiger charge is 2.16. The number of hydrogen-bond acceptors (Lipinski definition) is 5. The number of hydrogen-bond donors (Lipinski definition) is 1. The van der Waals surface area contributed by atoms with Crippen LogP contribution in [0.15, 0.2) is 41.7 Å². The van der Waals surface area contributed by atoms with Crippen LogP contribution in [-0.4, -0.2) is 32.0 Å². The number of alkyl halides is 1. The predicted octanol–water partition coefficient (Wildman–Crippen LogP) is 4.74. The third-order valence-corrected chi connectivity index (χ3v) is 4.91. The first kappa shape index (κ1) is 18.0. The summed E-state index contributed by atoms with van der Waals surface area (Å²) in [6, 6.07) is 10.0. The molecule has 0 radical (unpaired) electrons. The Bertz CT molecular complexity index is 821. The van der Waals surface area contributed by atoms with E-state index in [9.17, 15) is 0 Å². The third-order valence-electron chi connectivity index (χ3n) is 3.79. The Hall–Kier alpha value is -1.79. The molecule has 2 aromatic heterocycles. The molecule has 1 N–H and O–H groups in total. The summed E-state index contributed by atoms with van der Waals surface area (Å²) in [5.41, 5.74) is 1.90. The van der Waals surface area contributed by atoms with Crippen LogP contribution in [0.3, 0.4) is 0 Å². The van der Waals surface area contributed by atoms with E-state index in [0.717, 1.165) is 46.3 Å². The fourth-order valence-corrected chi connectivity index (χ4v) is 3.40. The zero-order valence-electron chi connectivity index (χ0n) is 14.4. The van der Waals surface area contributed by atoms with Gasteiger partial charge in [-0.3, -0.25) is 0 Å². The van der Waals surface area contributed by atoms with Crippen molar-refractivity contribution in [2.24, 2.45) is 0 Å². The van der Waals surface area contributed by atoms with Gasteiger partial charge >= 0.3 is 0 Å². The standard InChI is InChI=1S/C18H22ClN5S/c1-3-10-20-16-14-11-21-24(17(14)23-18(22-16)25-4-2)12-15(19)13-8-6-5-7-9-13/h5-9,11,15H,3-4,10,12H2,1-2H3,(H,20,22,23). The largest absolute Gasteiger partial charge is 0.369 e. The van der Waals surface area contributed by atoms with E-state index in [2.05, 4.69) is 29.2 Å². The smallest absolute Gasteiger partial charge is 0.191 e. The second kappa shape index (κ2) is 8.54. The number of rotatable bonds is 8. The molecule has 0 fully saturated rings. The molecule has 2 heterocycles. The minimum Gasteiger partial charge on any atom is -0.369 e. The van der Waals surface area contributed by atoms with Crippen molar-refractivity contribution in [3.8, 4) is 0 Å². The van der Waals surface area contributed by atoms with Crippen molar-refractivity contribution in [1.29, 1.82) is 0 Å². The number of aromatic nitrogens is 4. The minimum atomic E-state index is -0.159. The lowest BCUT2D eigenvalue weighted by Crippen LogP contribution is -2.08. The van der Waals surface area contributed by atoms with Crippen LogP contribution in [0.25, 0.3) is 11.0 Å². The second-order valence-electron chi connectivity index (χ2n) is 5.66. The first-order valence-electron chi connectivity index (χ1n) is 8.52. The molecule has 7 heteroatoms. The number of nitrogens with one attached hydrogen (secondary N) is 1. The Labute approximate surface area is 157 Å². The van der Waals surface area contributed by atoms with E-state index in [4.69, 9.17) is 16.6 Å². The molecule has 0 aliphatic heterocycles. The molecule has 1 unspecified atom stereocenters. The average Bonchev–Trinajstić information content (AvgIpc) is 3.03. The van der Waals surface area contributed by atoms with Crippen LogP contribution in [-0.2, 0) is 6.54 Å². The number of fused-ring (bicyclic) bond motifs is 1. The first-order valence-corrected chi connectivity index (χ1v) is 9.94. The van der Waals surface area contributed by atoms with Crippen LogP contribution >= 0.6 is 23.4 Å². The second-order valence-corrected chi connectivity index (χ2v) is 7.41. The summed E-state index contributed by atoms with van der Waals surface area (Å²) in [5, 5.41) is 9.44. The van der Waals surface area contributed by atoms with E-state index in [0.29, 0.717) is 6.54 Å². The van der Waals surface area contributed by atoms with Gasteiger partial charge in [-0.05, 0) is 17.7 Å². The van der Waals surface area contributed by atoms with E-state index in [1.54, 1.807) is 11.8 Å². The summed E-state index contributed by atoms with van der Waals surface area (Å²) in [5.74, 6) is 1.77. The Morgan fingerprint density at radius 1 is 1.20 bits per heavy atom. The Morgan fingerprint density at radius 2 is 2.00 bits per heavy atom. The van der Waals surface area contributed by atoms with Gasteiger partial charge in [0, 0.05) is 6.54 Å². The molecule has 3 rings (SSSR count). The molecular weight excluding hydrogens is 354 g/mol. The molecule has 3 aromatic rings. The van der Waals surface area contributed by atoms with Gasteiger partial charge in [0.2, 0.25) is 0 Å². The molecular formula is C18H22ClN5S. The molecule has 1 aromatic carbocycles. The van der Waals surface area contributed by atoms with Crippen molar-refractivity contribution in [2.75, 3.05) is 17.6 Å². The molecule has 0 bridgehead atoms. The maximum atomic E-state index is 6.60. The summed E-state index contributed by atoms with van der Waals surface area (Å²) in [6.45, 7) is 5.67. The van der Waals surface area contributed by atoms with Gasteiger partial charge in [0.15, 0.2) is 10.8 Å². The third kappa shape index (κ3) is 4.25. The Kier molecular flexibility index (Phi) is 6.15. The van der Waals surface area contributed by atoms with Crippen LogP contribution in [0, 0.1) is 0 Å². The van der Waals surface area contributed by atoms with E-state index in [1.165, 1.54) is 0 Å². The van der Waals surface area contributed by atoms with Gasteiger partial charge in [-0.2, -0.15) is 5.10 Å². The fraction of sp³-hybridized carbons (Fsp3) is 0.389. The van der Waals surface area contributed by atoms with Crippen molar-refractivity contribution in [3.63, 3.8) is 0 Å². The Balaban J connectivity index is 1.94. The van der Waals surface area contributed by atoms with E-state index in [1.807, 2.05) is 41.2 Å². The number of thioether (sulfide) groups is 1. The molecule has 0 aliphatic rings.